The fourth-order valence-electron chi connectivity index (χ4n) is 3.09. The zero-order chi connectivity index (χ0) is 10.8. The number of ether oxygens (including phenoxy) is 2. The third-order valence-electron chi connectivity index (χ3n) is 4.02. The van der Waals surface area contributed by atoms with Gasteiger partial charge in [-0.15, -0.1) is 0 Å². The van der Waals surface area contributed by atoms with E-state index in [-0.39, 0.29) is 11.2 Å². The molecule has 0 N–H and O–H groups in total. The minimum absolute atomic E-state index is 0.225. The number of hydrogen-bond donors (Lipinski definition) is 0. The molecule has 1 atom stereocenters. The quantitative estimate of drug-likeness (QED) is 0.584. The summed E-state index contributed by atoms with van der Waals surface area (Å²) in [6.07, 6.45) is 7.50. The van der Waals surface area contributed by atoms with Crippen LogP contribution in [0.3, 0.4) is 0 Å². The smallest absolute Gasteiger partial charge is 0.173 e. The van der Waals surface area contributed by atoms with Gasteiger partial charge in [0.15, 0.2) is 5.79 Å². The molecule has 2 aliphatic rings. The maximum absolute atomic E-state index is 5.97. The van der Waals surface area contributed by atoms with Gasteiger partial charge < -0.3 is 9.47 Å². The van der Waals surface area contributed by atoms with E-state index in [1.165, 1.54) is 36.5 Å². The molecule has 15 heavy (non-hydrogen) atoms. The molecule has 88 valence electrons. The van der Waals surface area contributed by atoms with Gasteiger partial charge in [-0.2, -0.15) is 0 Å². The molecule has 0 aromatic carbocycles. The van der Waals surface area contributed by atoms with Crippen molar-refractivity contribution in [3.8, 4) is 0 Å². The van der Waals surface area contributed by atoms with Crippen molar-refractivity contribution in [2.75, 3.05) is 17.6 Å². The van der Waals surface area contributed by atoms with Crippen molar-refractivity contribution in [2.24, 2.45) is 5.41 Å². The minimum atomic E-state index is -0.225. The Morgan fingerprint density at radius 2 is 1.80 bits per heavy atom. The first kappa shape index (κ1) is 12.1. The van der Waals surface area contributed by atoms with E-state index in [4.69, 9.17) is 9.47 Å². The number of rotatable bonds is 3. The molecule has 1 heterocycles. The Balaban J connectivity index is 2.10. The molecule has 2 rings (SSSR count). The Morgan fingerprint density at radius 1 is 1.13 bits per heavy atom. The molecule has 0 radical (unpaired) electrons. The van der Waals surface area contributed by atoms with Gasteiger partial charge in [-0.05, 0) is 30.1 Å². The lowest BCUT2D eigenvalue weighted by Crippen LogP contribution is -2.49. The average molecular weight is 324 g/mol. The molecule has 1 spiro atoms. The third-order valence-corrected chi connectivity index (χ3v) is 4.78. The predicted molar refractivity (Wildman–Crippen MR) is 69.3 cm³/mol. The normalized spacial score (nSPS) is 34.8. The van der Waals surface area contributed by atoms with E-state index in [1.54, 1.807) is 0 Å². The maximum atomic E-state index is 5.97. The molecule has 0 unspecified atom stereocenters. The van der Waals surface area contributed by atoms with Crippen LogP contribution in [0.15, 0.2) is 0 Å². The van der Waals surface area contributed by atoms with Crippen molar-refractivity contribution < 1.29 is 9.47 Å². The van der Waals surface area contributed by atoms with Crippen LogP contribution < -0.4 is 0 Å². The van der Waals surface area contributed by atoms with Crippen LogP contribution in [0.25, 0.3) is 0 Å². The van der Waals surface area contributed by atoms with E-state index in [0.717, 1.165) is 19.6 Å². The van der Waals surface area contributed by atoms with Crippen LogP contribution in [0, 0.1) is 5.41 Å². The van der Waals surface area contributed by atoms with Crippen molar-refractivity contribution in [1.29, 1.82) is 0 Å². The number of halogens is 1. The van der Waals surface area contributed by atoms with Gasteiger partial charge >= 0.3 is 0 Å². The van der Waals surface area contributed by atoms with Gasteiger partial charge in [0.1, 0.15) is 0 Å². The maximum Gasteiger partial charge on any atom is 0.173 e. The van der Waals surface area contributed by atoms with E-state index in [9.17, 15) is 0 Å². The fraction of sp³-hybridized carbons (Fsp3) is 1.00. The minimum Gasteiger partial charge on any atom is -0.347 e. The molecule has 1 saturated heterocycles. The molecule has 2 nitrogen and oxygen atoms in total. The van der Waals surface area contributed by atoms with Crippen molar-refractivity contribution in [2.45, 2.75) is 51.2 Å². The first-order chi connectivity index (χ1) is 7.22. The molecule has 0 aromatic heterocycles. The Morgan fingerprint density at radius 3 is 2.47 bits per heavy atom. The van der Waals surface area contributed by atoms with Crippen LogP contribution in [0.1, 0.15) is 45.4 Å². The van der Waals surface area contributed by atoms with Crippen LogP contribution in [-0.4, -0.2) is 23.4 Å². The second kappa shape index (κ2) is 4.88. The Kier molecular flexibility index (Phi) is 3.94. The molecule has 0 amide bonds. The SMILES string of the molecule is C[C@@]1(CCCI)CCCCC12OCCO2. The predicted octanol–water partition coefficient (Wildman–Crippen LogP) is 3.53. The summed E-state index contributed by atoms with van der Waals surface area (Å²) in [5, 5.41) is 0. The summed E-state index contributed by atoms with van der Waals surface area (Å²) >= 11 is 2.46. The van der Waals surface area contributed by atoms with Crippen LogP contribution in [0.4, 0.5) is 0 Å². The Bertz CT molecular complexity index is 214. The molecular formula is C12H21IO2. The fourth-order valence-corrected chi connectivity index (χ4v) is 3.47. The summed E-state index contributed by atoms with van der Waals surface area (Å²) in [6.45, 7) is 3.95. The lowest BCUT2D eigenvalue weighted by atomic mass is 9.68. The molecule has 0 bridgehead atoms. The first-order valence-corrected chi connectivity index (χ1v) is 7.59. The van der Waals surface area contributed by atoms with E-state index >= 15 is 0 Å². The van der Waals surface area contributed by atoms with Crippen molar-refractivity contribution in [1.82, 2.24) is 0 Å². The second-order valence-corrected chi connectivity index (χ2v) is 6.09. The van der Waals surface area contributed by atoms with E-state index in [2.05, 4.69) is 29.5 Å². The number of hydrogen-bond acceptors (Lipinski definition) is 2. The van der Waals surface area contributed by atoms with Crippen molar-refractivity contribution >= 4 is 22.6 Å². The van der Waals surface area contributed by atoms with Gasteiger partial charge in [0.05, 0.1) is 13.2 Å². The number of alkyl halides is 1. The van der Waals surface area contributed by atoms with Crippen LogP contribution in [-0.2, 0) is 9.47 Å². The largest absolute Gasteiger partial charge is 0.347 e. The van der Waals surface area contributed by atoms with Crippen molar-refractivity contribution in [3.63, 3.8) is 0 Å². The first-order valence-electron chi connectivity index (χ1n) is 6.06. The van der Waals surface area contributed by atoms with Gasteiger partial charge in [-0.1, -0.05) is 35.9 Å². The summed E-state index contributed by atoms with van der Waals surface area (Å²) in [5.74, 6) is -0.225. The van der Waals surface area contributed by atoms with Gasteiger partial charge in [-0.25, -0.2) is 0 Å². The zero-order valence-corrected chi connectivity index (χ0v) is 11.7. The highest BCUT2D eigenvalue weighted by Gasteiger charge is 2.53. The molecule has 1 aliphatic carbocycles. The topological polar surface area (TPSA) is 18.5 Å². The molecule has 2 fully saturated rings. The average Bonchev–Trinajstić information content (AvgIpc) is 2.71. The molecule has 0 aromatic rings. The summed E-state index contributed by atoms with van der Waals surface area (Å²) in [7, 11) is 0. The van der Waals surface area contributed by atoms with E-state index in [0.29, 0.717) is 0 Å². The summed E-state index contributed by atoms with van der Waals surface area (Å²) in [6, 6.07) is 0. The van der Waals surface area contributed by atoms with Crippen LogP contribution >= 0.6 is 22.6 Å². The van der Waals surface area contributed by atoms with E-state index in [1.807, 2.05) is 0 Å². The Hall–Kier alpha value is 0.650. The summed E-state index contributed by atoms with van der Waals surface area (Å²) < 4.78 is 13.2. The van der Waals surface area contributed by atoms with Gasteiger partial charge in [-0.3, -0.25) is 0 Å². The van der Waals surface area contributed by atoms with E-state index < -0.39 is 0 Å². The highest BCUT2D eigenvalue weighted by Crippen LogP contribution is 2.51. The second-order valence-electron chi connectivity index (χ2n) is 5.01. The van der Waals surface area contributed by atoms with Gasteiger partial charge in [0, 0.05) is 11.8 Å². The Labute approximate surface area is 106 Å². The third kappa shape index (κ3) is 2.20. The lowest BCUT2D eigenvalue weighted by molar-refractivity contribution is -0.253. The van der Waals surface area contributed by atoms with Crippen LogP contribution in [0.2, 0.25) is 0 Å². The lowest BCUT2D eigenvalue weighted by Gasteiger charge is -2.48. The monoisotopic (exact) mass is 324 g/mol. The van der Waals surface area contributed by atoms with Gasteiger partial charge in [0.2, 0.25) is 0 Å². The molecular weight excluding hydrogens is 303 g/mol. The summed E-state index contributed by atoms with van der Waals surface area (Å²) in [4.78, 5) is 0. The molecule has 1 saturated carbocycles. The summed E-state index contributed by atoms with van der Waals surface area (Å²) in [5.41, 5.74) is 0.257. The van der Waals surface area contributed by atoms with Crippen LogP contribution in [0.5, 0.6) is 0 Å². The molecule has 1 aliphatic heterocycles. The van der Waals surface area contributed by atoms with Gasteiger partial charge in [0.25, 0.3) is 0 Å². The molecule has 3 heteroatoms. The van der Waals surface area contributed by atoms with Crippen molar-refractivity contribution in [3.05, 3.63) is 0 Å². The highest BCUT2D eigenvalue weighted by molar-refractivity contribution is 14.1. The zero-order valence-electron chi connectivity index (χ0n) is 9.56. The standard InChI is InChI=1S/C12H21IO2/c1-11(6-4-8-13)5-2-3-7-12(11)14-9-10-15-12/h2-10H2,1H3/t11-/m0/s1. The highest BCUT2D eigenvalue weighted by atomic mass is 127.